The van der Waals surface area contributed by atoms with E-state index < -0.39 is 16.1 Å². The molecule has 1 aromatic rings. The zero-order valence-electron chi connectivity index (χ0n) is 7.80. The molecule has 0 aromatic carbocycles. The molecule has 0 aliphatic carbocycles. The quantitative estimate of drug-likeness (QED) is 0.793. The number of rotatable bonds is 5. The number of thiophene rings is 1. The Morgan fingerprint density at radius 3 is 2.86 bits per heavy atom. The Labute approximate surface area is 87.6 Å². The summed E-state index contributed by atoms with van der Waals surface area (Å²) < 4.78 is 25.7. The molecule has 1 aromatic heterocycles. The summed E-state index contributed by atoms with van der Waals surface area (Å²) in [4.78, 5) is 0. The second kappa shape index (κ2) is 4.88. The molecule has 80 valence electrons. The number of aliphatic hydroxyl groups is 1. The summed E-state index contributed by atoms with van der Waals surface area (Å²) in [5.41, 5.74) is 0. The van der Waals surface area contributed by atoms with Crippen LogP contribution in [0.3, 0.4) is 0 Å². The summed E-state index contributed by atoms with van der Waals surface area (Å²) in [5, 5.41) is 10.7. The van der Waals surface area contributed by atoms with Crippen molar-refractivity contribution in [3.05, 3.63) is 17.5 Å². The fourth-order valence-electron chi connectivity index (χ4n) is 0.890. The predicted molar refractivity (Wildman–Crippen MR) is 55.8 cm³/mol. The van der Waals surface area contributed by atoms with Crippen LogP contribution in [-0.4, -0.2) is 26.2 Å². The van der Waals surface area contributed by atoms with Gasteiger partial charge in [-0.3, -0.25) is 0 Å². The van der Waals surface area contributed by atoms with Crippen molar-refractivity contribution in [3.63, 3.8) is 0 Å². The molecular formula is C8H13NO3S2. The van der Waals surface area contributed by atoms with E-state index in [0.717, 1.165) is 0 Å². The van der Waals surface area contributed by atoms with Crippen molar-refractivity contribution in [2.24, 2.45) is 0 Å². The van der Waals surface area contributed by atoms with Crippen LogP contribution in [0.4, 0.5) is 0 Å². The van der Waals surface area contributed by atoms with Crippen molar-refractivity contribution in [2.75, 3.05) is 6.54 Å². The van der Waals surface area contributed by atoms with Gasteiger partial charge in [0, 0.05) is 6.54 Å². The molecule has 1 rings (SSSR count). The molecule has 0 amide bonds. The van der Waals surface area contributed by atoms with Crippen molar-refractivity contribution in [1.82, 2.24) is 4.72 Å². The van der Waals surface area contributed by atoms with Crippen molar-refractivity contribution in [2.45, 2.75) is 23.7 Å². The third-order valence-electron chi connectivity index (χ3n) is 1.61. The van der Waals surface area contributed by atoms with E-state index in [9.17, 15) is 8.42 Å². The molecule has 1 heterocycles. The maximum atomic E-state index is 11.5. The first kappa shape index (κ1) is 11.6. The Bertz CT molecular complexity index is 356. The Kier molecular flexibility index (Phi) is 4.06. The number of nitrogens with one attached hydrogen (secondary N) is 1. The van der Waals surface area contributed by atoms with E-state index in [-0.39, 0.29) is 6.54 Å². The number of hydrogen-bond donors (Lipinski definition) is 2. The molecule has 0 spiro atoms. The Balaban J connectivity index is 2.52. The Hall–Kier alpha value is -0.430. The lowest BCUT2D eigenvalue weighted by molar-refractivity contribution is 0.186. The van der Waals surface area contributed by atoms with Gasteiger partial charge in [0.1, 0.15) is 4.21 Å². The van der Waals surface area contributed by atoms with Gasteiger partial charge in [-0.15, -0.1) is 11.3 Å². The van der Waals surface area contributed by atoms with Gasteiger partial charge in [0.05, 0.1) is 6.10 Å². The summed E-state index contributed by atoms with van der Waals surface area (Å²) in [7, 11) is -3.36. The summed E-state index contributed by atoms with van der Waals surface area (Å²) in [6.45, 7) is 1.89. The van der Waals surface area contributed by atoms with E-state index in [4.69, 9.17) is 5.11 Å². The van der Waals surface area contributed by atoms with Crippen LogP contribution in [0.1, 0.15) is 13.3 Å². The second-order valence-corrected chi connectivity index (χ2v) is 5.91. The minimum Gasteiger partial charge on any atom is -0.393 e. The smallest absolute Gasteiger partial charge is 0.250 e. The van der Waals surface area contributed by atoms with Crippen LogP contribution in [0.2, 0.25) is 0 Å². The molecule has 14 heavy (non-hydrogen) atoms. The monoisotopic (exact) mass is 235 g/mol. The SMILES string of the molecule is CC(O)CCNS(=O)(=O)c1cccs1. The summed E-state index contributed by atoms with van der Waals surface area (Å²) in [5.74, 6) is 0. The number of hydrogen-bond acceptors (Lipinski definition) is 4. The third-order valence-corrected chi connectivity index (χ3v) is 4.47. The topological polar surface area (TPSA) is 66.4 Å². The van der Waals surface area contributed by atoms with Crippen LogP contribution in [0, 0.1) is 0 Å². The van der Waals surface area contributed by atoms with E-state index in [2.05, 4.69) is 4.72 Å². The van der Waals surface area contributed by atoms with Gasteiger partial charge in [0.2, 0.25) is 10.0 Å². The van der Waals surface area contributed by atoms with Gasteiger partial charge in [0.15, 0.2) is 0 Å². The van der Waals surface area contributed by atoms with E-state index >= 15 is 0 Å². The lowest BCUT2D eigenvalue weighted by Crippen LogP contribution is -2.26. The summed E-state index contributed by atoms with van der Waals surface area (Å²) in [6.07, 6.45) is -0.0639. The highest BCUT2D eigenvalue weighted by molar-refractivity contribution is 7.91. The van der Waals surface area contributed by atoms with Crippen LogP contribution in [0.15, 0.2) is 21.7 Å². The lowest BCUT2D eigenvalue weighted by Gasteiger charge is -2.05. The molecule has 0 bridgehead atoms. The van der Waals surface area contributed by atoms with Gasteiger partial charge >= 0.3 is 0 Å². The third kappa shape index (κ3) is 3.38. The molecule has 0 aliphatic heterocycles. The van der Waals surface area contributed by atoms with E-state index in [1.165, 1.54) is 11.3 Å². The fourth-order valence-corrected chi connectivity index (χ4v) is 2.97. The standard InChI is InChI=1S/C8H13NO3S2/c1-7(10)4-5-9-14(11,12)8-3-2-6-13-8/h2-3,6-7,9-10H,4-5H2,1H3. The molecule has 1 atom stereocenters. The first-order valence-corrected chi connectivity index (χ1v) is 6.60. The normalized spacial score (nSPS) is 14.1. The molecule has 6 heteroatoms. The van der Waals surface area contributed by atoms with Gasteiger partial charge in [-0.05, 0) is 24.8 Å². The molecule has 1 unspecified atom stereocenters. The van der Waals surface area contributed by atoms with Gasteiger partial charge < -0.3 is 5.11 Å². The maximum Gasteiger partial charge on any atom is 0.250 e. The van der Waals surface area contributed by atoms with Gasteiger partial charge in [-0.1, -0.05) is 6.07 Å². The highest BCUT2D eigenvalue weighted by Crippen LogP contribution is 2.14. The van der Waals surface area contributed by atoms with Gasteiger partial charge in [-0.25, -0.2) is 13.1 Å². The summed E-state index contributed by atoms with van der Waals surface area (Å²) in [6, 6.07) is 3.24. The molecular weight excluding hydrogens is 222 g/mol. The van der Waals surface area contributed by atoms with E-state index in [1.807, 2.05) is 0 Å². The zero-order chi connectivity index (χ0) is 10.6. The molecule has 0 saturated heterocycles. The summed E-state index contributed by atoms with van der Waals surface area (Å²) >= 11 is 1.18. The van der Waals surface area contributed by atoms with E-state index in [1.54, 1.807) is 24.4 Å². The zero-order valence-corrected chi connectivity index (χ0v) is 9.44. The lowest BCUT2D eigenvalue weighted by atomic mass is 10.3. The molecule has 4 nitrogen and oxygen atoms in total. The van der Waals surface area contributed by atoms with Crippen molar-refractivity contribution < 1.29 is 13.5 Å². The molecule has 0 saturated carbocycles. The minimum atomic E-state index is -3.36. The minimum absolute atomic E-state index is 0.262. The van der Waals surface area contributed by atoms with Crippen LogP contribution in [0.5, 0.6) is 0 Å². The van der Waals surface area contributed by atoms with Gasteiger partial charge in [-0.2, -0.15) is 0 Å². The fraction of sp³-hybridized carbons (Fsp3) is 0.500. The van der Waals surface area contributed by atoms with E-state index in [0.29, 0.717) is 10.6 Å². The van der Waals surface area contributed by atoms with Crippen LogP contribution in [0.25, 0.3) is 0 Å². The first-order chi connectivity index (χ1) is 6.52. The first-order valence-electron chi connectivity index (χ1n) is 4.23. The highest BCUT2D eigenvalue weighted by atomic mass is 32.2. The Morgan fingerprint density at radius 1 is 1.64 bits per heavy atom. The highest BCUT2D eigenvalue weighted by Gasteiger charge is 2.13. The number of sulfonamides is 1. The number of aliphatic hydroxyl groups excluding tert-OH is 1. The maximum absolute atomic E-state index is 11.5. The molecule has 0 aliphatic rings. The van der Waals surface area contributed by atoms with Crippen LogP contribution < -0.4 is 4.72 Å². The second-order valence-electron chi connectivity index (χ2n) is 2.97. The van der Waals surface area contributed by atoms with Crippen molar-refractivity contribution >= 4 is 21.4 Å². The molecule has 0 radical (unpaired) electrons. The predicted octanol–water partition coefficient (Wildman–Crippen LogP) is 0.797. The van der Waals surface area contributed by atoms with Gasteiger partial charge in [0.25, 0.3) is 0 Å². The van der Waals surface area contributed by atoms with Crippen molar-refractivity contribution in [1.29, 1.82) is 0 Å². The largest absolute Gasteiger partial charge is 0.393 e. The molecule has 0 fully saturated rings. The average Bonchev–Trinajstić information content (AvgIpc) is 2.54. The van der Waals surface area contributed by atoms with Crippen LogP contribution >= 0.6 is 11.3 Å². The average molecular weight is 235 g/mol. The van der Waals surface area contributed by atoms with Crippen LogP contribution in [-0.2, 0) is 10.0 Å². The Morgan fingerprint density at radius 2 is 2.36 bits per heavy atom. The van der Waals surface area contributed by atoms with Crippen molar-refractivity contribution in [3.8, 4) is 0 Å². The molecule has 2 N–H and O–H groups in total.